The van der Waals surface area contributed by atoms with E-state index in [4.69, 9.17) is 5.26 Å². The number of carbonyl (C=O) groups is 1. The Morgan fingerprint density at radius 3 is 2.89 bits per heavy atom. The van der Waals surface area contributed by atoms with Gasteiger partial charge in [-0.15, -0.1) is 0 Å². The minimum atomic E-state index is -0.111. The number of pyridine rings is 1. The number of aryl methyl sites for hydroxylation is 3. The van der Waals surface area contributed by atoms with Gasteiger partial charge in [0.25, 0.3) is 5.91 Å². The summed E-state index contributed by atoms with van der Waals surface area (Å²) in [4.78, 5) is 17.2. The van der Waals surface area contributed by atoms with Gasteiger partial charge in [0.15, 0.2) is 5.65 Å². The van der Waals surface area contributed by atoms with Crippen LogP contribution in [0.3, 0.4) is 0 Å². The summed E-state index contributed by atoms with van der Waals surface area (Å²) in [5.41, 5.74) is 4.65. The molecular weight excluding hydrogens is 358 g/mol. The van der Waals surface area contributed by atoms with Crippen molar-refractivity contribution in [2.45, 2.75) is 19.6 Å². The van der Waals surface area contributed by atoms with Crippen molar-refractivity contribution in [1.29, 1.82) is 5.26 Å². The quantitative estimate of drug-likeness (QED) is 0.665. The van der Waals surface area contributed by atoms with Crippen molar-refractivity contribution >= 4 is 28.7 Å². The first-order chi connectivity index (χ1) is 13.0. The van der Waals surface area contributed by atoms with E-state index in [1.165, 1.54) is 0 Å². The third kappa shape index (κ3) is 4.12. The Morgan fingerprint density at radius 1 is 1.33 bits per heavy atom. The van der Waals surface area contributed by atoms with Crippen molar-refractivity contribution < 1.29 is 4.79 Å². The Bertz CT molecular complexity index is 1030. The van der Waals surface area contributed by atoms with Crippen molar-refractivity contribution in [3.8, 4) is 6.07 Å². The molecule has 0 aliphatic rings. The zero-order valence-electron chi connectivity index (χ0n) is 15.6. The SMILES string of the molecule is Cc1cc(C(=O)NCCSCc2ccccc2C#N)c2c(C)nn(C)c2n1. The smallest absolute Gasteiger partial charge is 0.252 e. The van der Waals surface area contributed by atoms with Crippen molar-refractivity contribution in [2.75, 3.05) is 12.3 Å². The molecule has 0 bridgehead atoms. The summed E-state index contributed by atoms with van der Waals surface area (Å²) in [5.74, 6) is 1.41. The largest absolute Gasteiger partial charge is 0.351 e. The highest BCUT2D eigenvalue weighted by Gasteiger charge is 2.17. The number of nitriles is 1. The molecule has 0 saturated heterocycles. The molecule has 2 heterocycles. The van der Waals surface area contributed by atoms with Crippen molar-refractivity contribution in [2.24, 2.45) is 7.05 Å². The number of hydrogen-bond acceptors (Lipinski definition) is 5. The lowest BCUT2D eigenvalue weighted by Gasteiger charge is -2.08. The van der Waals surface area contributed by atoms with Crippen molar-refractivity contribution in [3.63, 3.8) is 0 Å². The second-order valence-electron chi connectivity index (χ2n) is 6.30. The zero-order valence-corrected chi connectivity index (χ0v) is 16.4. The van der Waals surface area contributed by atoms with Gasteiger partial charge >= 0.3 is 0 Å². The maximum Gasteiger partial charge on any atom is 0.252 e. The zero-order chi connectivity index (χ0) is 19.4. The molecule has 1 N–H and O–H groups in total. The molecule has 0 unspecified atom stereocenters. The van der Waals surface area contributed by atoms with Gasteiger partial charge in [0.1, 0.15) is 0 Å². The van der Waals surface area contributed by atoms with Gasteiger partial charge in [-0.05, 0) is 31.5 Å². The monoisotopic (exact) mass is 379 g/mol. The molecule has 6 nitrogen and oxygen atoms in total. The van der Waals surface area contributed by atoms with E-state index in [1.54, 1.807) is 16.4 Å². The van der Waals surface area contributed by atoms with E-state index in [2.05, 4.69) is 21.5 Å². The Kier molecular flexibility index (Phi) is 5.77. The van der Waals surface area contributed by atoms with E-state index < -0.39 is 0 Å². The molecule has 1 aromatic carbocycles. The number of aromatic nitrogens is 3. The lowest BCUT2D eigenvalue weighted by Crippen LogP contribution is -2.26. The van der Waals surface area contributed by atoms with E-state index in [0.717, 1.165) is 39.5 Å². The number of thioether (sulfide) groups is 1. The fourth-order valence-corrected chi connectivity index (χ4v) is 3.88. The van der Waals surface area contributed by atoms with Gasteiger partial charge in [-0.25, -0.2) is 4.98 Å². The highest BCUT2D eigenvalue weighted by molar-refractivity contribution is 7.98. The number of hydrogen-bond donors (Lipinski definition) is 1. The second-order valence-corrected chi connectivity index (χ2v) is 7.40. The molecule has 3 rings (SSSR count). The van der Waals surface area contributed by atoms with Gasteiger partial charge in [0.2, 0.25) is 0 Å². The average molecular weight is 379 g/mol. The first kappa shape index (κ1) is 18.9. The third-order valence-corrected chi connectivity index (χ3v) is 5.28. The molecule has 2 aromatic heterocycles. The van der Waals surface area contributed by atoms with E-state index in [-0.39, 0.29) is 5.91 Å². The van der Waals surface area contributed by atoms with Crippen LogP contribution >= 0.6 is 11.8 Å². The van der Waals surface area contributed by atoms with Crippen LogP contribution in [0, 0.1) is 25.2 Å². The molecule has 7 heteroatoms. The molecule has 27 heavy (non-hydrogen) atoms. The van der Waals surface area contributed by atoms with E-state index in [1.807, 2.05) is 51.2 Å². The minimum Gasteiger partial charge on any atom is -0.351 e. The Balaban J connectivity index is 1.60. The van der Waals surface area contributed by atoms with Gasteiger partial charge in [-0.2, -0.15) is 22.1 Å². The van der Waals surface area contributed by atoms with E-state index >= 15 is 0 Å². The standard InChI is InChI=1S/C20H21N5OS/c1-13-10-17(18-14(2)24-25(3)19(18)23-13)20(26)22-8-9-27-12-16-7-5-4-6-15(16)11-21/h4-7,10H,8-9,12H2,1-3H3,(H,22,26). The molecule has 0 saturated carbocycles. The first-order valence-electron chi connectivity index (χ1n) is 8.66. The lowest BCUT2D eigenvalue weighted by molar-refractivity contribution is 0.0957. The number of fused-ring (bicyclic) bond motifs is 1. The van der Waals surface area contributed by atoms with E-state index in [0.29, 0.717) is 17.7 Å². The maximum atomic E-state index is 12.7. The Morgan fingerprint density at radius 2 is 2.11 bits per heavy atom. The lowest BCUT2D eigenvalue weighted by atomic mass is 10.1. The van der Waals surface area contributed by atoms with Crippen LogP contribution < -0.4 is 5.32 Å². The van der Waals surface area contributed by atoms with Gasteiger partial charge in [-0.1, -0.05) is 18.2 Å². The fraction of sp³-hybridized carbons (Fsp3) is 0.300. The molecule has 0 radical (unpaired) electrons. The summed E-state index contributed by atoms with van der Waals surface area (Å²) in [6.07, 6.45) is 0. The number of benzene rings is 1. The van der Waals surface area contributed by atoms with Gasteiger partial charge in [-0.3, -0.25) is 9.48 Å². The van der Waals surface area contributed by atoms with Gasteiger partial charge in [0, 0.05) is 30.8 Å². The first-order valence-corrected chi connectivity index (χ1v) is 9.81. The molecule has 0 aliphatic heterocycles. The predicted molar refractivity (Wildman–Crippen MR) is 108 cm³/mol. The van der Waals surface area contributed by atoms with Crippen molar-refractivity contribution in [3.05, 3.63) is 58.4 Å². The molecule has 1 amide bonds. The summed E-state index contributed by atoms with van der Waals surface area (Å²) in [6.45, 7) is 4.32. The van der Waals surface area contributed by atoms with Gasteiger partial charge < -0.3 is 5.32 Å². The highest BCUT2D eigenvalue weighted by Crippen LogP contribution is 2.21. The Labute approximate surface area is 162 Å². The predicted octanol–water partition coefficient (Wildman–Crippen LogP) is 3.12. The maximum absolute atomic E-state index is 12.7. The number of carbonyl (C=O) groups excluding carboxylic acids is 1. The summed E-state index contributed by atoms with van der Waals surface area (Å²) < 4.78 is 1.71. The Hall–Kier alpha value is -2.85. The molecule has 0 atom stereocenters. The molecule has 0 fully saturated rings. The van der Waals surface area contributed by atoms with Crippen LogP contribution in [0.2, 0.25) is 0 Å². The highest BCUT2D eigenvalue weighted by atomic mass is 32.2. The van der Waals surface area contributed by atoms with Crippen LogP contribution in [0.15, 0.2) is 30.3 Å². The summed E-state index contributed by atoms with van der Waals surface area (Å²) in [7, 11) is 1.83. The van der Waals surface area contributed by atoms with Crippen LogP contribution in [0.25, 0.3) is 11.0 Å². The van der Waals surface area contributed by atoms with E-state index in [9.17, 15) is 4.79 Å². The fourth-order valence-electron chi connectivity index (χ4n) is 3.02. The van der Waals surface area contributed by atoms with Crippen LogP contribution in [-0.2, 0) is 12.8 Å². The topological polar surface area (TPSA) is 83.6 Å². The number of rotatable bonds is 6. The molecule has 0 aliphatic carbocycles. The summed E-state index contributed by atoms with van der Waals surface area (Å²) in [5, 5.41) is 17.3. The van der Waals surface area contributed by atoms with Crippen LogP contribution in [0.4, 0.5) is 0 Å². The van der Waals surface area contributed by atoms with Crippen molar-refractivity contribution in [1.82, 2.24) is 20.1 Å². The molecule has 3 aromatic rings. The molecular formula is C20H21N5OS. The number of nitrogens with one attached hydrogen (secondary N) is 1. The third-order valence-electron chi connectivity index (χ3n) is 4.27. The summed E-state index contributed by atoms with van der Waals surface area (Å²) >= 11 is 1.69. The minimum absolute atomic E-state index is 0.111. The number of amides is 1. The van der Waals surface area contributed by atoms with Crippen LogP contribution in [0.1, 0.15) is 32.9 Å². The average Bonchev–Trinajstić information content (AvgIpc) is 2.94. The second kappa shape index (κ2) is 8.23. The van der Waals surface area contributed by atoms with Gasteiger partial charge in [0.05, 0.1) is 28.3 Å². The van der Waals surface area contributed by atoms with Crippen LogP contribution in [0.5, 0.6) is 0 Å². The normalized spacial score (nSPS) is 10.7. The molecule has 0 spiro atoms. The molecule has 138 valence electrons. The van der Waals surface area contributed by atoms with Crippen LogP contribution in [-0.4, -0.2) is 33.0 Å². The number of nitrogens with zero attached hydrogens (tertiary/aromatic N) is 4. The summed E-state index contributed by atoms with van der Waals surface area (Å²) in [6, 6.07) is 11.6.